The molecule has 16 heavy (non-hydrogen) atoms. The summed E-state index contributed by atoms with van der Waals surface area (Å²) >= 11 is 0. The Hall–Kier alpha value is -1.39. The van der Waals surface area contributed by atoms with Crippen molar-refractivity contribution in [2.45, 2.75) is 18.9 Å². The summed E-state index contributed by atoms with van der Waals surface area (Å²) in [6.07, 6.45) is 1.19. The van der Waals surface area contributed by atoms with Gasteiger partial charge in [0, 0.05) is 13.0 Å². The number of imidazole rings is 1. The molecule has 0 fully saturated rings. The van der Waals surface area contributed by atoms with Crippen molar-refractivity contribution < 1.29 is 5.11 Å². The molecule has 1 atom stereocenters. The van der Waals surface area contributed by atoms with Crippen LogP contribution in [0.5, 0.6) is 0 Å². The lowest BCUT2D eigenvalue weighted by Crippen LogP contribution is -2.23. The molecule has 0 radical (unpaired) electrons. The number of likely N-dealkylation sites (N-methyl/N-ethyl adjacent to an activating group) is 1. The molecule has 0 aliphatic heterocycles. The molecular weight excluding hydrogens is 202 g/mol. The monoisotopic (exact) mass is 219 g/mol. The summed E-state index contributed by atoms with van der Waals surface area (Å²) in [6, 6.07) is 7.96. The minimum atomic E-state index is -0.307. The second-order valence-corrected chi connectivity index (χ2v) is 3.95. The van der Waals surface area contributed by atoms with Crippen LogP contribution in [0.15, 0.2) is 24.3 Å². The molecular formula is C12H17N3O. The first-order valence-corrected chi connectivity index (χ1v) is 5.56. The molecule has 1 heterocycles. The fourth-order valence-electron chi connectivity index (χ4n) is 1.77. The van der Waals surface area contributed by atoms with Crippen LogP contribution in [0.25, 0.3) is 11.0 Å². The van der Waals surface area contributed by atoms with E-state index in [0.717, 1.165) is 29.7 Å². The van der Waals surface area contributed by atoms with Crippen molar-refractivity contribution in [2.24, 2.45) is 0 Å². The maximum absolute atomic E-state index is 9.58. The number of aromatic amines is 1. The van der Waals surface area contributed by atoms with E-state index in [1.165, 1.54) is 0 Å². The molecule has 0 saturated carbocycles. The third-order valence-corrected chi connectivity index (χ3v) is 2.59. The van der Waals surface area contributed by atoms with Gasteiger partial charge >= 0.3 is 0 Å². The van der Waals surface area contributed by atoms with Gasteiger partial charge in [-0.15, -0.1) is 0 Å². The van der Waals surface area contributed by atoms with E-state index in [4.69, 9.17) is 0 Å². The van der Waals surface area contributed by atoms with Crippen molar-refractivity contribution in [3.63, 3.8) is 0 Å². The number of aryl methyl sites for hydroxylation is 1. The van der Waals surface area contributed by atoms with Crippen LogP contribution in [-0.2, 0) is 6.42 Å². The Bertz CT molecular complexity index is 419. The lowest BCUT2D eigenvalue weighted by atomic mass is 10.2. The molecule has 0 aliphatic carbocycles. The van der Waals surface area contributed by atoms with Gasteiger partial charge in [0.1, 0.15) is 5.82 Å². The predicted molar refractivity (Wildman–Crippen MR) is 64.3 cm³/mol. The molecule has 4 heteroatoms. The first-order chi connectivity index (χ1) is 7.79. The number of hydrogen-bond acceptors (Lipinski definition) is 3. The normalized spacial score (nSPS) is 13.1. The smallest absolute Gasteiger partial charge is 0.107 e. The zero-order valence-electron chi connectivity index (χ0n) is 9.40. The van der Waals surface area contributed by atoms with E-state index in [1.54, 1.807) is 0 Å². The molecule has 0 bridgehead atoms. The van der Waals surface area contributed by atoms with Gasteiger partial charge in [-0.2, -0.15) is 0 Å². The van der Waals surface area contributed by atoms with Gasteiger partial charge in [0.05, 0.1) is 17.1 Å². The summed E-state index contributed by atoms with van der Waals surface area (Å²) in [5, 5.41) is 12.5. The first-order valence-electron chi connectivity index (χ1n) is 5.56. The first kappa shape index (κ1) is 11.1. The van der Waals surface area contributed by atoms with E-state index in [2.05, 4.69) is 15.3 Å². The molecule has 0 amide bonds. The Morgan fingerprint density at radius 2 is 2.25 bits per heavy atom. The van der Waals surface area contributed by atoms with Crippen LogP contribution in [0, 0.1) is 0 Å². The van der Waals surface area contributed by atoms with Crippen LogP contribution >= 0.6 is 0 Å². The van der Waals surface area contributed by atoms with E-state index in [9.17, 15) is 5.11 Å². The Morgan fingerprint density at radius 3 is 3.00 bits per heavy atom. The number of benzene rings is 1. The van der Waals surface area contributed by atoms with E-state index in [0.29, 0.717) is 6.54 Å². The molecule has 2 aromatic rings. The molecule has 1 aromatic carbocycles. The topological polar surface area (TPSA) is 60.9 Å². The number of aliphatic hydroxyl groups excluding tert-OH is 1. The molecule has 86 valence electrons. The van der Waals surface area contributed by atoms with E-state index >= 15 is 0 Å². The van der Waals surface area contributed by atoms with Crippen molar-refractivity contribution in [3.8, 4) is 0 Å². The number of aromatic nitrogens is 2. The van der Waals surface area contributed by atoms with Crippen molar-refractivity contribution in [3.05, 3.63) is 30.1 Å². The number of para-hydroxylation sites is 2. The Labute approximate surface area is 94.7 Å². The average Bonchev–Trinajstić information content (AvgIpc) is 2.69. The highest BCUT2D eigenvalue weighted by Crippen LogP contribution is 2.11. The Balaban J connectivity index is 1.99. The van der Waals surface area contributed by atoms with Gasteiger partial charge in [0.2, 0.25) is 0 Å². The fraction of sp³-hybridized carbons (Fsp3) is 0.417. The molecule has 0 spiro atoms. The Morgan fingerprint density at radius 1 is 1.44 bits per heavy atom. The van der Waals surface area contributed by atoms with Gasteiger partial charge in [0.15, 0.2) is 0 Å². The molecule has 2 rings (SSSR count). The summed E-state index contributed by atoms with van der Waals surface area (Å²) in [5.41, 5.74) is 2.04. The molecule has 3 N–H and O–H groups in total. The van der Waals surface area contributed by atoms with Gasteiger partial charge in [-0.3, -0.25) is 0 Å². The summed E-state index contributed by atoms with van der Waals surface area (Å²) in [5.74, 6) is 0.941. The van der Waals surface area contributed by atoms with Gasteiger partial charge in [0.25, 0.3) is 0 Å². The fourth-order valence-corrected chi connectivity index (χ4v) is 1.77. The third kappa shape index (κ3) is 2.59. The van der Waals surface area contributed by atoms with Crippen LogP contribution in [-0.4, -0.2) is 34.8 Å². The SMILES string of the molecule is CNCC(O)CCc1nc2ccccc2[nH]1. The second-order valence-electron chi connectivity index (χ2n) is 3.95. The summed E-state index contributed by atoms with van der Waals surface area (Å²) in [6.45, 7) is 0.625. The zero-order valence-corrected chi connectivity index (χ0v) is 9.40. The molecule has 1 unspecified atom stereocenters. The molecule has 0 saturated heterocycles. The Kier molecular flexibility index (Phi) is 3.54. The van der Waals surface area contributed by atoms with E-state index in [1.807, 2.05) is 31.3 Å². The van der Waals surface area contributed by atoms with Gasteiger partial charge in [-0.1, -0.05) is 12.1 Å². The number of nitrogens with one attached hydrogen (secondary N) is 2. The van der Waals surface area contributed by atoms with Gasteiger partial charge < -0.3 is 15.4 Å². The van der Waals surface area contributed by atoms with Crippen LogP contribution in [0.2, 0.25) is 0 Å². The van der Waals surface area contributed by atoms with Crippen molar-refractivity contribution in [1.29, 1.82) is 0 Å². The van der Waals surface area contributed by atoms with Crippen molar-refractivity contribution in [2.75, 3.05) is 13.6 Å². The summed E-state index contributed by atoms with van der Waals surface area (Å²) in [4.78, 5) is 7.71. The van der Waals surface area contributed by atoms with Crippen molar-refractivity contribution in [1.82, 2.24) is 15.3 Å². The maximum Gasteiger partial charge on any atom is 0.107 e. The lowest BCUT2D eigenvalue weighted by molar-refractivity contribution is 0.164. The zero-order chi connectivity index (χ0) is 11.4. The predicted octanol–water partition coefficient (Wildman–Crippen LogP) is 1.08. The van der Waals surface area contributed by atoms with Crippen LogP contribution in [0.3, 0.4) is 0 Å². The number of fused-ring (bicyclic) bond motifs is 1. The van der Waals surface area contributed by atoms with Crippen molar-refractivity contribution >= 4 is 11.0 Å². The lowest BCUT2D eigenvalue weighted by Gasteiger charge is -2.07. The van der Waals surface area contributed by atoms with Crippen LogP contribution in [0.4, 0.5) is 0 Å². The number of nitrogens with zero attached hydrogens (tertiary/aromatic N) is 1. The largest absolute Gasteiger partial charge is 0.392 e. The standard InChI is InChI=1S/C12H17N3O/c1-13-8-9(16)6-7-12-14-10-4-2-3-5-11(10)15-12/h2-5,9,13,16H,6-8H2,1H3,(H,14,15). The minimum Gasteiger partial charge on any atom is -0.392 e. The average molecular weight is 219 g/mol. The molecule has 4 nitrogen and oxygen atoms in total. The second kappa shape index (κ2) is 5.09. The maximum atomic E-state index is 9.58. The summed E-state index contributed by atoms with van der Waals surface area (Å²) < 4.78 is 0. The number of hydrogen-bond donors (Lipinski definition) is 3. The highest BCUT2D eigenvalue weighted by atomic mass is 16.3. The number of aliphatic hydroxyl groups is 1. The van der Waals surface area contributed by atoms with E-state index < -0.39 is 0 Å². The van der Waals surface area contributed by atoms with Gasteiger partial charge in [-0.05, 0) is 25.6 Å². The quantitative estimate of drug-likeness (QED) is 0.705. The summed E-state index contributed by atoms with van der Waals surface area (Å²) in [7, 11) is 1.84. The van der Waals surface area contributed by atoms with Crippen LogP contribution < -0.4 is 5.32 Å². The molecule has 0 aliphatic rings. The number of H-pyrrole nitrogens is 1. The minimum absolute atomic E-state index is 0.307. The highest BCUT2D eigenvalue weighted by molar-refractivity contribution is 5.74. The highest BCUT2D eigenvalue weighted by Gasteiger charge is 2.06. The van der Waals surface area contributed by atoms with E-state index in [-0.39, 0.29) is 6.10 Å². The number of rotatable bonds is 5. The van der Waals surface area contributed by atoms with Gasteiger partial charge in [-0.25, -0.2) is 4.98 Å². The van der Waals surface area contributed by atoms with Crippen LogP contribution in [0.1, 0.15) is 12.2 Å². The molecule has 1 aromatic heterocycles. The third-order valence-electron chi connectivity index (χ3n) is 2.59.